The van der Waals surface area contributed by atoms with Crippen molar-refractivity contribution in [1.82, 2.24) is 0 Å². The summed E-state index contributed by atoms with van der Waals surface area (Å²) in [7, 11) is 0. The fraction of sp³-hybridized carbons (Fsp3) is 0.935. The van der Waals surface area contributed by atoms with Crippen LogP contribution in [0.15, 0.2) is 0 Å². The van der Waals surface area contributed by atoms with E-state index in [1.165, 1.54) is 135 Å². The standard InChI is InChI=1S/C46H88O6/c1-6-8-9-10-19-28-33-38-46(49)52-43(40-51-45(48)37-32-27-23-22-25-30-35-42(5)7-2)39-50-44(47)36-31-26-21-18-16-14-12-11-13-15-17-20-24-29-34-41(3)4/h41-43H,6-40H2,1-5H3/t42?,43-/m1/s1. The van der Waals surface area contributed by atoms with Crippen molar-refractivity contribution in [3.05, 3.63) is 0 Å². The van der Waals surface area contributed by atoms with E-state index in [2.05, 4.69) is 34.6 Å². The maximum absolute atomic E-state index is 12.6. The Hall–Kier alpha value is -1.59. The van der Waals surface area contributed by atoms with Gasteiger partial charge in [0.15, 0.2) is 6.10 Å². The van der Waals surface area contributed by atoms with Crippen LogP contribution in [0.4, 0.5) is 0 Å². The molecule has 0 aliphatic rings. The SMILES string of the molecule is CCCCCCCCCC(=O)O[C@H](COC(=O)CCCCCCCCCCCCCCCCC(C)C)COC(=O)CCCCCCCCC(C)CC. The van der Waals surface area contributed by atoms with Crippen molar-refractivity contribution in [2.75, 3.05) is 13.2 Å². The van der Waals surface area contributed by atoms with Crippen LogP contribution in [-0.2, 0) is 28.6 Å². The van der Waals surface area contributed by atoms with E-state index in [0.717, 1.165) is 69.6 Å². The first kappa shape index (κ1) is 50.4. The summed E-state index contributed by atoms with van der Waals surface area (Å²) in [6, 6.07) is 0. The Labute approximate surface area is 323 Å². The van der Waals surface area contributed by atoms with Gasteiger partial charge in [-0.2, -0.15) is 0 Å². The van der Waals surface area contributed by atoms with Gasteiger partial charge < -0.3 is 14.2 Å². The van der Waals surface area contributed by atoms with Gasteiger partial charge in [-0.3, -0.25) is 14.4 Å². The normalized spacial score (nSPS) is 12.6. The van der Waals surface area contributed by atoms with Crippen LogP contribution in [0.25, 0.3) is 0 Å². The smallest absolute Gasteiger partial charge is 0.306 e. The second-order valence-corrected chi connectivity index (χ2v) is 16.4. The molecule has 0 spiro atoms. The van der Waals surface area contributed by atoms with Gasteiger partial charge in [-0.15, -0.1) is 0 Å². The molecular weight excluding hydrogens is 649 g/mol. The highest BCUT2D eigenvalue weighted by molar-refractivity contribution is 5.71. The molecule has 0 aromatic rings. The first-order valence-corrected chi connectivity index (χ1v) is 22.8. The quantitative estimate of drug-likeness (QED) is 0.0354. The molecule has 0 saturated carbocycles. The Bertz CT molecular complexity index is 796. The third-order valence-corrected chi connectivity index (χ3v) is 10.6. The second kappa shape index (κ2) is 39.1. The van der Waals surface area contributed by atoms with Gasteiger partial charge in [0.1, 0.15) is 13.2 Å². The molecule has 0 aromatic carbocycles. The summed E-state index contributed by atoms with van der Waals surface area (Å²) >= 11 is 0. The number of unbranched alkanes of at least 4 members (excludes halogenated alkanes) is 24. The predicted molar refractivity (Wildman–Crippen MR) is 220 cm³/mol. The van der Waals surface area contributed by atoms with Crippen LogP contribution in [0, 0.1) is 11.8 Å². The topological polar surface area (TPSA) is 78.9 Å². The molecule has 0 bridgehead atoms. The minimum atomic E-state index is -0.759. The monoisotopic (exact) mass is 737 g/mol. The summed E-state index contributed by atoms with van der Waals surface area (Å²) in [5.41, 5.74) is 0. The molecule has 52 heavy (non-hydrogen) atoms. The van der Waals surface area contributed by atoms with Crippen LogP contribution in [0.5, 0.6) is 0 Å². The average molecular weight is 737 g/mol. The van der Waals surface area contributed by atoms with Gasteiger partial charge >= 0.3 is 17.9 Å². The number of rotatable bonds is 40. The van der Waals surface area contributed by atoms with Gasteiger partial charge in [-0.1, -0.05) is 208 Å². The van der Waals surface area contributed by atoms with Crippen LogP contribution in [-0.4, -0.2) is 37.2 Å². The lowest BCUT2D eigenvalue weighted by Gasteiger charge is -2.18. The summed E-state index contributed by atoms with van der Waals surface area (Å²) < 4.78 is 16.6. The highest BCUT2D eigenvalue weighted by Gasteiger charge is 2.19. The summed E-state index contributed by atoms with van der Waals surface area (Å²) in [6.07, 6.45) is 36.7. The van der Waals surface area contributed by atoms with E-state index in [9.17, 15) is 14.4 Å². The van der Waals surface area contributed by atoms with Crippen LogP contribution >= 0.6 is 0 Å². The lowest BCUT2D eigenvalue weighted by molar-refractivity contribution is -0.167. The molecule has 0 heterocycles. The highest BCUT2D eigenvalue weighted by Crippen LogP contribution is 2.17. The van der Waals surface area contributed by atoms with E-state index >= 15 is 0 Å². The fourth-order valence-electron chi connectivity index (χ4n) is 6.72. The lowest BCUT2D eigenvalue weighted by Crippen LogP contribution is -2.30. The molecular formula is C46H88O6. The van der Waals surface area contributed by atoms with E-state index in [1.54, 1.807) is 0 Å². The molecule has 0 aliphatic carbocycles. The largest absolute Gasteiger partial charge is 0.462 e. The number of carbonyl (C=O) groups is 3. The minimum Gasteiger partial charge on any atom is -0.462 e. The Balaban J connectivity index is 4.20. The van der Waals surface area contributed by atoms with Crippen molar-refractivity contribution < 1.29 is 28.6 Å². The lowest BCUT2D eigenvalue weighted by atomic mass is 10.00. The molecule has 0 amide bonds. The summed E-state index contributed by atoms with van der Waals surface area (Å²) in [4.78, 5) is 37.5. The zero-order chi connectivity index (χ0) is 38.3. The van der Waals surface area contributed by atoms with Gasteiger partial charge in [0, 0.05) is 19.3 Å². The van der Waals surface area contributed by atoms with Gasteiger partial charge in [0.05, 0.1) is 0 Å². The van der Waals surface area contributed by atoms with E-state index in [0.29, 0.717) is 19.3 Å². The van der Waals surface area contributed by atoms with E-state index in [1.807, 2.05) is 0 Å². The molecule has 0 N–H and O–H groups in total. The van der Waals surface area contributed by atoms with Crippen molar-refractivity contribution >= 4 is 17.9 Å². The zero-order valence-corrected chi connectivity index (χ0v) is 35.4. The van der Waals surface area contributed by atoms with Gasteiger partial charge in [-0.05, 0) is 31.1 Å². The zero-order valence-electron chi connectivity index (χ0n) is 35.4. The maximum atomic E-state index is 12.6. The molecule has 6 nitrogen and oxygen atoms in total. The third-order valence-electron chi connectivity index (χ3n) is 10.6. The molecule has 0 radical (unpaired) electrons. The van der Waals surface area contributed by atoms with Crippen molar-refractivity contribution in [1.29, 1.82) is 0 Å². The van der Waals surface area contributed by atoms with Crippen molar-refractivity contribution in [2.24, 2.45) is 11.8 Å². The summed E-state index contributed by atoms with van der Waals surface area (Å²) in [5.74, 6) is 0.793. The van der Waals surface area contributed by atoms with Gasteiger partial charge in [0.25, 0.3) is 0 Å². The minimum absolute atomic E-state index is 0.0658. The van der Waals surface area contributed by atoms with Gasteiger partial charge in [-0.25, -0.2) is 0 Å². The molecule has 0 fully saturated rings. The highest BCUT2D eigenvalue weighted by atomic mass is 16.6. The Morgan fingerprint density at radius 1 is 0.404 bits per heavy atom. The van der Waals surface area contributed by atoms with E-state index in [4.69, 9.17) is 14.2 Å². The molecule has 0 rings (SSSR count). The molecule has 2 atom stereocenters. The number of ether oxygens (including phenoxy) is 3. The van der Waals surface area contributed by atoms with Crippen molar-refractivity contribution in [3.63, 3.8) is 0 Å². The number of hydrogen-bond donors (Lipinski definition) is 0. The molecule has 0 aromatic heterocycles. The number of esters is 3. The first-order valence-electron chi connectivity index (χ1n) is 22.8. The second-order valence-electron chi connectivity index (χ2n) is 16.4. The molecule has 0 aliphatic heterocycles. The number of hydrogen-bond acceptors (Lipinski definition) is 6. The Kier molecular flexibility index (Phi) is 37.9. The fourth-order valence-corrected chi connectivity index (χ4v) is 6.72. The van der Waals surface area contributed by atoms with Gasteiger partial charge in [0.2, 0.25) is 0 Å². The first-order chi connectivity index (χ1) is 25.3. The maximum Gasteiger partial charge on any atom is 0.306 e. The molecule has 308 valence electrons. The van der Waals surface area contributed by atoms with Crippen molar-refractivity contribution in [2.45, 2.75) is 253 Å². The van der Waals surface area contributed by atoms with Crippen molar-refractivity contribution in [3.8, 4) is 0 Å². The summed E-state index contributed by atoms with van der Waals surface area (Å²) in [5, 5.41) is 0. The van der Waals surface area contributed by atoms with Crippen LogP contribution in [0.3, 0.4) is 0 Å². The molecule has 0 saturated heterocycles. The van der Waals surface area contributed by atoms with E-state index < -0.39 is 6.10 Å². The summed E-state index contributed by atoms with van der Waals surface area (Å²) in [6.45, 7) is 11.3. The average Bonchev–Trinajstić information content (AvgIpc) is 3.12. The number of carbonyl (C=O) groups excluding carboxylic acids is 3. The van der Waals surface area contributed by atoms with Crippen LogP contribution < -0.4 is 0 Å². The third kappa shape index (κ3) is 38.1. The molecule has 6 heteroatoms. The molecule has 1 unspecified atom stereocenters. The van der Waals surface area contributed by atoms with E-state index in [-0.39, 0.29) is 31.1 Å². The van der Waals surface area contributed by atoms with Crippen LogP contribution in [0.2, 0.25) is 0 Å². The Morgan fingerprint density at radius 3 is 1.10 bits per heavy atom. The Morgan fingerprint density at radius 2 is 0.731 bits per heavy atom. The predicted octanol–water partition coefficient (Wildman–Crippen LogP) is 14.2. The van der Waals surface area contributed by atoms with Crippen LogP contribution in [0.1, 0.15) is 247 Å².